The van der Waals surface area contributed by atoms with Crippen LogP contribution in [0.15, 0.2) is 23.1 Å². The van der Waals surface area contributed by atoms with Gasteiger partial charge in [-0.15, -0.1) is 0 Å². The summed E-state index contributed by atoms with van der Waals surface area (Å²) in [5.74, 6) is 0.529. The molecule has 2 rings (SSSR count). The lowest BCUT2D eigenvalue weighted by molar-refractivity contribution is -0.121. The topological polar surface area (TPSA) is 84.9 Å². The van der Waals surface area contributed by atoms with E-state index in [-0.39, 0.29) is 17.2 Å². The van der Waals surface area contributed by atoms with Gasteiger partial charge < -0.3 is 14.8 Å². The molecule has 0 spiro atoms. The summed E-state index contributed by atoms with van der Waals surface area (Å²) in [5, 5.41) is 2.85. The first kappa shape index (κ1) is 21.7. The molecular weight excluding hydrogens is 368 g/mol. The molecule has 27 heavy (non-hydrogen) atoms. The van der Waals surface area contributed by atoms with Crippen molar-refractivity contribution in [2.75, 3.05) is 40.0 Å². The minimum absolute atomic E-state index is 0.0682. The van der Waals surface area contributed by atoms with E-state index < -0.39 is 10.0 Å². The second kappa shape index (κ2) is 10.6. The summed E-state index contributed by atoms with van der Waals surface area (Å²) in [6.45, 7) is 4.93. The van der Waals surface area contributed by atoms with Crippen LogP contribution >= 0.6 is 0 Å². The third kappa shape index (κ3) is 6.19. The van der Waals surface area contributed by atoms with Gasteiger partial charge >= 0.3 is 0 Å². The molecule has 0 aliphatic carbocycles. The predicted octanol–water partition coefficient (Wildman–Crippen LogP) is 1.96. The molecular formula is C19H30N2O5S. The van der Waals surface area contributed by atoms with Crippen LogP contribution in [-0.4, -0.2) is 58.6 Å². The molecule has 1 aromatic rings. The summed E-state index contributed by atoms with van der Waals surface area (Å²) in [6, 6.07) is 4.87. The second-order valence-corrected chi connectivity index (χ2v) is 8.42. The molecule has 1 heterocycles. The van der Waals surface area contributed by atoms with Crippen LogP contribution in [-0.2, 0) is 26.0 Å². The van der Waals surface area contributed by atoms with E-state index in [4.69, 9.17) is 9.47 Å². The minimum Gasteiger partial charge on any atom is -0.496 e. The van der Waals surface area contributed by atoms with Gasteiger partial charge in [-0.05, 0) is 56.4 Å². The average Bonchev–Trinajstić information content (AvgIpc) is 3.21. The van der Waals surface area contributed by atoms with Crippen LogP contribution in [0.4, 0.5) is 0 Å². The lowest BCUT2D eigenvalue weighted by Crippen LogP contribution is -2.28. The third-order valence-electron chi connectivity index (χ3n) is 4.57. The summed E-state index contributed by atoms with van der Waals surface area (Å²) in [5.41, 5.74) is 0.724. The van der Waals surface area contributed by atoms with Gasteiger partial charge in [0.1, 0.15) is 5.75 Å². The van der Waals surface area contributed by atoms with Crippen molar-refractivity contribution in [3.05, 3.63) is 23.8 Å². The van der Waals surface area contributed by atoms with Gasteiger partial charge in [-0.3, -0.25) is 4.79 Å². The summed E-state index contributed by atoms with van der Waals surface area (Å²) in [7, 11) is -1.94. The van der Waals surface area contributed by atoms with Gasteiger partial charge in [-0.25, -0.2) is 8.42 Å². The highest BCUT2D eigenvalue weighted by atomic mass is 32.2. The SMILES string of the molecule is CCOCCCNC(=O)CCc1cc(S(=O)(=O)N2CCCC2)ccc1OC. The van der Waals surface area contributed by atoms with Crippen molar-refractivity contribution in [3.63, 3.8) is 0 Å². The Kier molecular flexibility index (Phi) is 8.53. The normalized spacial score (nSPS) is 15.0. The number of methoxy groups -OCH3 is 1. The number of ether oxygens (including phenoxy) is 2. The fraction of sp³-hybridized carbons (Fsp3) is 0.632. The Bertz CT molecular complexity index is 715. The number of sulfonamides is 1. The van der Waals surface area contributed by atoms with Crippen molar-refractivity contribution in [1.29, 1.82) is 0 Å². The van der Waals surface area contributed by atoms with E-state index in [1.165, 1.54) is 4.31 Å². The van der Waals surface area contributed by atoms with Crippen LogP contribution < -0.4 is 10.1 Å². The second-order valence-electron chi connectivity index (χ2n) is 6.49. The van der Waals surface area contributed by atoms with Gasteiger partial charge in [0.05, 0.1) is 12.0 Å². The molecule has 1 aromatic carbocycles. The van der Waals surface area contributed by atoms with E-state index in [0.717, 1.165) is 24.8 Å². The van der Waals surface area contributed by atoms with E-state index >= 15 is 0 Å². The highest BCUT2D eigenvalue weighted by molar-refractivity contribution is 7.89. The molecule has 8 heteroatoms. The Morgan fingerprint density at radius 2 is 2.00 bits per heavy atom. The lowest BCUT2D eigenvalue weighted by atomic mass is 10.1. The standard InChI is InChI=1S/C19H30N2O5S/c1-3-26-14-6-11-20-19(22)10-7-16-15-17(8-9-18(16)25-2)27(23,24)21-12-4-5-13-21/h8-9,15H,3-7,10-14H2,1-2H3,(H,20,22). The molecule has 0 atom stereocenters. The van der Waals surface area contributed by atoms with Crippen LogP contribution in [0.3, 0.4) is 0 Å². The Hall–Kier alpha value is -1.64. The molecule has 0 unspecified atom stereocenters. The first-order valence-electron chi connectivity index (χ1n) is 9.50. The van der Waals surface area contributed by atoms with Crippen molar-refractivity contribution in [2.45, 2.75) is 43.9 Å². The van der Waals surface area contributed by atoms with Gasteiger partial charge in [-0.2, -0.15) is 4.31 Å². The maximum Gasteiger partial charge on any atom is 0.243 e. The van der Waals surface area contributed by atoms with E-state index in [1.807, 2.05) is 6.92 Å². The van der Waals surface area contributed by atoms with Crippen LogP contribution in [0.25, 0.3) is 0 Å². The zero-order valence-electron chi connectivity index (χ0n) is 16.2. The molecule has 0 aromatic heterocycles. The molecule has 1 fully saturated rings. The highest BCUT2D eigenvalue weighted by Crippen LogP contribution is 2.27. The van der Waals surface area contributed by atoms with Crippen molar-refractivity contribution in [1.82, 2.24) is 9.62 Å². The molecule has 1 saturated heterocycles. The van der Waals surface area contributed by atoms with E-state index in [2.05, 4.69) is 5.32 Å². The Morgan fingerprint density at radius 1 is 1.26 bits per heavy atom. The predicted molar refractivity (Wildman–Crippen MR) is 103 cm³/mol. The summed E-state index contributed by atoms with van der Waals surface area (Å²) in [6.07, 6.45) is 3.26. The first-order chi connectivity index (χ1) is 13.0. The molecule has 0 bridgehead atoms. The molecule has 0 saturated carbocycles. The Morgan fingerprint density at radius 3 is 2.67 bits per heavy atom. The molecule has 1 aliphatic heterocycles. The highest BCUT2D eigenvalue weighted by Gasteiger charge is 2.27. The summed E-state index contributed by atoms with van der Waals surface area (Å²) >= 11 is 0. The van der Waals surface area contributed by atoms with Crippen LogP contribution in [0.5, 0.6) is 5.75 Å². The average molecular weight is 399 g/mol. The zero-order valence-corrected chi connectivity index (χ0v) is 17.0. The molecule has 152 valence electrons. The number of aryl methyl sites for hydroxylation is 1. The number of nitrogens with one attached hydrogen (secondary N) is 1. The van der Waals surface area contributed by atoms with Crippen molar-refractivity contribution in [3.8, 4) is 5.75 Å². The molecule has 7 nitrogen and oxygen atoms in total. The van der Waals surface area contributed by atoms with Gasteiger partial charge in [0, 0.05) is 39.3 Å². The van der Waals surface area contributed by atoms with Gasteiger partial charge in [-0.1, -0.05) is 0 Å². The monoisotopic (exact) mass is 398 g/mol. The molecule has 0 radical (unpaired) electrons. The number of carbonyl (C=O) groups is 1. The number of benzene rings is 1. The zero-order chi connectivity index (χ0) is 19.7. The van der Waals surface area contributed by atoms with Crippen LogP contribution in [0.1, 0.15) is 38.2 Å². The van der Waals surface area contributed by atoms with E-state index in [1.54, 1.807) is 25.3 Å². The molecule has 1 amide bonds. The fourth-order valence-corrected chi connectivity index (χ4v) is 4.64. The summed E-state index contributed by atoms with van der Waals surface area (Å²) in [4.78, 5) is 12.3. The minimum atomic E-state index is -3.48. The number of rotatable bonds is 11. The lowest BCUT2D eigenvalue weighted by Gasteiger charge is -2.17. The smallest absolute Gasteiger partial charge is 0.243 e. The summed E-state index contributed by atoms with van der Waals surface area (Å²) < 4.78 is 37.6. The van der Waals surface area contributed by atoms with E-state index in [9.17, 15) is 13.2 Å². The number of amides is 1. The quantitative estimate of drug-likeness (QED) is 0.576. The number of hydrogen-bond donors (Lipinski definition) is 1. The Balaban J connectivity index is 1.98. The fourth-order valence-electron chi connectivity index (χ4n) is 3.07. The van der Waals surface area contributed by atoms with E-state index in [0.29, 0.717) is 45.0 Å². The maximum absolute atomic E-state index is 12.7. The Labute approximate surface area is 162 Å². The molecule has 1 N–H and O–H groups in total. The number of carbonyl (C=O) groups excluding carboxylic acids is 1. The van der Waals surface area contributed by atoms with Gasteiger partial charge in [0.2, 0.25) is 15.9 Å². The van der Waals surface area contributed by atoms with Crippen LogP contribution in [0.2, 0.25) is 0 Å². The molecule has 1 aliphatic rings. The largest absolute Gasteiger partial charge is 0.496 e. The maximum atomic E-state index is 12.7. The van der Waals surface area contributed by atoms with Crippen molar-refractivity contribution in [2.24, 2.45) is 0 Å². The van der Waals surface area contributed by atoms with Gasteiger partial charge in [0.15, 0.2) is 0 Å². The van der Waals surface area contributed by atoms with Crippen LogP contribution in [0, 0.1) is 0 Å². The third-order valence-corrected chi connectivity index (χ3v) is 6.46. The van der Waals surface area contributed by atoms with Crippen molar-refractivity contribution < 1.29 is 22.7 Å². The van der Waals surface area contributed by atoms with Crippen molar-refractivity contribution >= 4 is 15.9 Å². The number of nitrogens with zero attached hydrogens (tertiary/aromatic N) is 1. The van der Waals surface area contributed by atoms with Gasteiger partial charge in [0.25, 0.3) is 0 Å². The first-order valence-corrected chi connectivity index (χ1v) is 10.9. The number of hydrogen-bond acceptors (Lipinski definition) is 5.